The minimum Gasteiger partial charge on any atom is -0.506 e. The molecule has 0 aromatic heterocycles. The lowest BCUT2D eigenvalue weighted by molar-refractivity contribution is -0.266. The van der Waals surface area contributed by atoms with Gasteiger partial charge in [-0.15, -0.1) is 0 Å². The number of nitrogens with one attached hydrogen (secondary N) is 2. The molecular weight excluding hydrogens is 384 g/mol. The molecule has 3 N–H and O–H groups in total. The third-order valence-electron chi connectivity index (χ3n) is 3.85. The highest BCUT2D eigenvalue weighted by atomic mass is 35.5. The summed E-state index contributed by atoms with van der Waals surface area (Å²) in [4.78, 5) is 0.159. The number of rotatable bonds is 4. The Labute approximate surface area is 163 Å². The maximum Gasteiger partial charge on any atom is 0.328 e. The second-order valence-corrected chi connectivity index (χ2v) is 8.04. The summed E-state index contributed by atoms with van der Waals surface area (Å²) in [5.41, 5.74) is 2.15. The van der Waals surface area contributed by atoms with Gasteiger partial charge in [0.1, 0.15) is 16.3 Å². The van der Waals surface area contributed by atoms with Crippen molar-refractivity contribution < 1.29 is 17.9 Å². The van der Waals surface area contributed by atoms with E-state index < -0.39 is 10.0 Å². The monoisotopic (exact) mass is 401 g/mol. The Morgan fingerprint density at radius 3 is 2.30 bits per heavy atom. The van der Waals surface area contributed by atoms with Crippen LogP contribution < -0.4 is 9.71 Å². The molecule has 5 nitrogen and oxygen atoms in total. The summed E-state index contributed by atoms with van der Waals surface area (Å²) in [6.07, 6.45) is 0. The van der Waals surface area contributed by atoms with Gasteiger partial charge in [-0.1, -0.05) is 47.5 Å². The van der Waals surface area contributed by atoms with Gasteiger partial charge in [0.05, 0.1) is 10.6 Å². The summed E-state index contributed by atoms with van der Waals surface area (Å²) in [7, 11) is -3.79. The quantitative estimate of drug-likeness (QED) is 0.357. The number of aryl methyl sites for hydroxylation is 1. The molecule has 3 aromatic rings. The van der Waals surface area contributed by atoms with Gasteiger partial charge in [0, 0.05) is 6.07 Å². The van der Waals surface area contributed by atoms with Crippen LogP contribution in [0.25, 0.3) is 0 Å². The average molecular weight is 402 g/mol. The lowest BCUT2D eigenvalue weighted by Gasteiger charge is -2.06. The molecule has 3 aromatic carbocycles. The Hall–Kier alpha value is -2.83. The van der Waals surface area contributed by atoms with Crippen LogP contribution in [0.15, 0.2) is 77.7 Å². The van der Waals surface area contributed by atoms with E-state index in [0.29, 0.717) is 11.3 Å². The number of phenols is 1. The van der Waals surface area contributed by atoms with Crippen molar-refractivity contribution in [3.05, 3.63) is 88.9 Å². The van der Waals surface area contributed by atoms with Gasteiger partial charge in [0.25, 0.3) is 5.84 Å². The highest BCUT2D eigenvalue weighted by molar-refractivity contribution is 7.84. The Kier molecular flexibility index (Phi) is 5.48. The van der Waals surface area contributed by atoms with Gasteiger partial charge in [0.15, 0.2) is 0 Å². The maximum atomic E-state index is 12.8. The highest BCUT2D eigenvalue weighted by Crippen LogP contribution is 2.26. The first-order valence-corrected chi connectivity index (χ1v) is 9.99. The Balaban J connectivity index is 2.05. The van der Waals surface area contributed by atoms with Crippen LogP contribution in [-0.2, 0) is 10.0 Å². The minimum atomic E-state index is -3.79. The standard InChI is InChI=1S/C20H17ClN2O3S/c1-14-7-10-17(11-8-14)27(25,26)23-20(15-5-3-2-4-6-15)22-16-9-12-19(24)18(21)13-16/h2-13,24H,1H3,(H,22,23)/p+1. The van der Waals surface area contributed by atoms with Gasteiger partial charge in [-0.2, -0.15) is 12.8 Å². The third kappa shape index (κ3) is 4.67. The number of amidine groups is 1. The van der Waals surface area contributed by atoms with Gasteiger partial charge in [-0.05, 0) is 43.3 Å². The molecule has 0 spiro atoms. The lowest BCUT2D eigenvalue weighted by atomic mass is 10.2. The van der Waals surface area contributed by atoms with Crippen molar-refractivity contribution in [1.29, 1.82) is 0 Å². The first-order valence-electron chi connectivity index (χ1n) is 8.12. The smallest absolute Gasteiger partial charge is 0.328 e. The van der Waals surface area contributed by atoms with E-state index in [9.17, 15) is 13.5 Å². The van der Waals surface area contributed by atoms with Gasteiger partial charge in [0.2, 0.25) is 0 Å². The van der Waals surface area contributed by atoms with E-state index in [1.165, 1.54) is 12.1 Å². The van der Waals surface area contributed by atoms with Crippen LogP contribution in [0.2, 0.25) is 5.02 Å². The number of phenolic OH excluding ortho intramolecular Hbond substituents is 1. The van der Waals surface area contributed by atoms with Crippen molar-refractivity contribution in [2.45, 2.75) is 11.8 Å². The number of anilines is 1. The molecule has 0 saturated carbocycles. The molecule has 0 atom stereocenters. The summed E-state index contributed by atoms with van der Waals surface area (Å²) in [6, 6.07) is 20.1. The van der Waals surface area contributed by atoms with Gasteiger partial charge < -0.3 is 5.11 Å². The summed E-state index contributed by atoms with van der Waals surface area (Å²) >= 11 is 5.95. The Morgan fingerprint density at radius 1 is 1.00 bits per heavy atom. The molecule has 0 unspecified atom stereocenters. The van der Waals surface area contributed by atoms with Crippen LogP contribution in [0.4, 0.5) is 5.69 Å². The lowest BCUT2D eigenvalue weighted by Crippen LogP contribution is -2.78. The van der Waals surface area contributed by atoms with Crippen LogP contribution in [-0.4, -0.2) is 19.4 Å². The van der Waals surface area contributed by atoms with Crippen molar-refractivity contribution >= 4 is 33.1 Å². The van der Waals surface area contributed by atoms with E-state index in [1.54, 1.807) is 54.6 Å². The average Bonchev–Trinajstić information content (AvgIpc) is 2.65. The number of hydrogen-bond donors (Lipinski definition) is 3. The molecule has 0 aliphatic rings. The molecular formula is C20H18ClN2O3S+. The van der Waals surface area contributed by atoms with E-state index in [2.05, 4.69) is 9.71 Å². The van der Waals surface area contributed by atoms with E-state index >= 15 is 0 Å². The van der Waals surface area contributed by atoms with Crippen molar-refractivity contribution in [3.63, 3.8) is 0 Å². The zero-order valence-corrected chi connectivity index (χ0v) is 16.1. The van der Waals surface area contributed by atoms with Crippen molar-refractivity contribution in [1.82, 2.24) is 0 Å². The third-order valence-corrected chi connectivity index (χ3v) is 5.52. The largest absolute Gasteiger partial charge is 0.506 e. The SMILES string of the molecule is Cc1ccc(S(=O)(=O)[NH+]=C(Nc2ccc(O)c(Cl)c2)c2ccccc2)cc1. The number of aromatic hydroxyl groups is 1. The second kappa shape index (κ2) is 7.82. The summed E-state index contributed by atoms with van der Waals surface area (Å²) in [5, 5.41) is 12.8. The van der Waals surface area contributed by atoms with E-state index in [4.69, 9.17) is 11.6 Å². The van der Waals surface area contributed by atoms with Gasteiger partial charge in [-0.3, -0.25) is 0 Å². The number of benzene rings is 3. The summed E-state index contributed by atoms with van der Waals surface area (Å²) in [5.74, 6) is 0.224. The van der Waals surface area contributed by atoms with Crippen LogP contribution in [0.3, 0.4) is 0 Å². The first-order chi connectivity index (χ1) is 12.8. The molecule has 7 heteroatoms. The molecule has 0 aliphatic heterocycles. The van der Waals surface area contributed by atoms with Crippen molar-refractivity contribution in [2.75, 3.05) is 5.32 Å². The normalized spacial score (nSPS) is 12.0. The summed E-state index contributed by atoms with van der Waals surface area (Å²) < 4.78 is 28.2. The van der Waals surface area contributed by atoms with Gasteiger partial charge in [-0.25, -0.2) is 5.32 Å². The van der Waals surface area contributed by atoms with Crippen molar-refractivity contribution in [3.8, 4) is 5.75 Å². The summed E-state index contributed by atoms with van der Waals surface area (Å²) in [6.45, 7) is 1.89. The highest BCUT2D eigenvalue weighted by Gasteiger charge is 2.20. The van der Waals surface area contributed by atoms with Gasteiger partial charge >= 0.3 is 10.0 Å². The Morgan fingerprint density at radius 2 is 1.67 bits per heavy atom. The molecule has 0 fully saturated rings. The molecule has 0 aliphatic carbocycles. The van der Waals surface area contributed by atoms with Crippen molar-refractivity contribution in [2.24, 2.45) is 0 Å². The van der Waals surface area contributed by atoms with Crippen LogP contribution >= 0.6 is 11.6 Å². The predicted octanol–water partition coefficient (Wildman–Crippen LogP) is 2.68. The van der Waals surface area contributed by atoms with Crippen LogP contribution in [0.5, 0.6) is 5.75 Å². The van der Waals surface area contributed by atoms with Crippen LogP contribution in [0.1, 0.15) is 11.1 Å². The molecule has 0 amide bonds. The molecule has 0 saturated heterocycles. The fourth-order valence-corrected chi connectivity index (χ4v) is 3.63. The topological polar surface area (TPSA) is 80.4 Å². The molecule has 138 valence electrons. The number of hydrogen-bond acceptors (Lipinski definition) is 3. The second-order valence-electron chi connectivity index (χ2n) is 5.95. The maximum absolute atomic E-state index is 12.8. The molecule has 27 heavy (non-hydrogen) atoms. The minimum absolute atomic E-state index is 0.0521. The fourth-order valence-electron chi connectivity index (χ4n) is 2.40. The fraction of sp³-hybridized carbons (Fsp3) is 0.0500. The Bertz CT molecular complexity index is 1080. The number of sulfonamides is 1. The van der Waals surface area contributed by atoms with E-state index in [0.717, 1.165) is 5.56 Å². The predicted molar refractivity (Wildman–Crippen MR) is 107 cm³/mol. The van der Waals surface area contributed by atoms with E-state index in [-0.39, 0.29) is 21.5 Å². The number of halogens is 1. The molecule has 0 radical (unpaired) electrons. The van der Waals surface area contributed by atoms with Crippen LogP contribution in [0, 0.1) is 6.92 Å². The molecule has 0 heterocycles. The zero-order chi connectivity index (χ0) is 19.4. The first kappa shape index (κ1) is 18.9. The zero-order valence-electron chi connectivity index (χ0n) is 14.5. The molecule has 3 rings (SSSR count). The van der Waals surface area contributed by atoms with E-state index in [1.807, 2.05) is 13.0 Å². The molecule has 0 bridgehead atoms.